The quantitative estimate of drug-likeness (QED) is 0.473. The molecule has 0 aliphatic carbocycles. The zero-order valence-corrected chi connectivity index (χ0v) is 15.0. The maximum Gasteiger partial charge on any atom is 0.368 e. The van der Waals surface area contributed by atoms with Crippen molar-refractivity contribution in [3.8, 4) is 5.75 Å². The first-order valence-corrected chi connectivity index (χ1v) is 9.06. The molecule has 0 saturated carbocycles. The van der Waals surface area contributed by atoms with Crippen LogP contribution in [0.4, 0.5) is 4.39 Å². The second kappa shape index (κ2) is 7.73. The number of halogens is 2. The predicted molar refractivity (Wildman–Crippen MR) is 84.7 cm³/mol. The van der Waals surface area contributed by atoms with E-state index < -0.39 is 7.60 Å². The summed E-state index contributed by atoms with van der Waals surface area (Å²) in [5, 5.41) is 0. The van der Waals surface area contributed by atoms with Crippen molar-refractivity contribution in [1.82, 2.24) is 0 Å². The molecule has 0 N–H and O–H groups in total. The number of hydrogen-bond acceptors (Lipinski definition) is 4. The second-order valence-corrected chi connectivity index (χ2v) is 7.83. The zero-order chi connectivity index (χ0) is 15.3. The Morgan fingerprint density at radius 2 is 1.75 bits per heavy atom. The number of ether oxygens (including phenoxy) is 1. The summed E-state index contributed by atoms with van der Waals surface area (Å²) in [6.45, 7) is 7.10. The van der Waals surface area contributed by atoms with Crippen LogP contribution in [0.1, 0.15) is 27.7 Å². The molecular weight excluding hydrogens is 397 g/mol. The van der Waals surface area contributed by atoms with Crippen LogP contribution < -0.4 is 4.74 Å². The highest BCUT2D eigenvalue weighted by Crippen LogP contribution is 2.50. The van der Waals surface area contributed by atoms with Gasteiger partial charge in [0.25, 0.3) is 0 Å². The molecule has 0 radical (unpaired) electrons. The van der Waals surface area contributed by atoms with Gasteiger partial charge in [-0.25, -0.2) is 4.39 Å². The first-order valence-electron chi connectivity index (χ1n) is 6.25. The van der Waals surface area contributed by atoms with Crippen LogP contribution in [0.2, 0.25) is 0 Å². The highest BCUT2D eigenvalue weighted by atomic mass is 127. The second-order valence-electron chi connectivity index (χ2n) is 4.77. The van der Waals surface area contributed by atoms with Gasteiger partial charge in [0, 0.05) is 0 Å². The molecule has 0 atom stereocenters. The first-order chi connectivity index (χ1) is 9.22. The predicted octanol–water partition coefficient (Wildman–Crippen LogP) is 4.81. The molecule has 20 heavy (non-hydrogen) atoms. The molecule has 1 rings (SSSR count). The van der Waals surface area contributed by atoms with Crippen LogP contribution in [0.3, 0.4) is 0 Å². The van der Waals surface area contributed by atoms with Crippen molar-refractivity contribution in [3.63, 3.8) is 0 Å². The van der Waals surface area contributed by atoms with Gasteiger partial charge in [0.15, 0.2) is 6.35 Å². The molecule has 0 heterocycles. The van der Waals surface area contributed by atoms with Crippen molar-refractivity contribution in [1.29, 1.82) is 0 Å². The molecule has 0 aromatic heterocycles. The lowest BCUT2D eigenvalue weighted by atomic mass is 10.3. The van der Waals surface area contributed by atoms with Gasteiger partial charge in [-0.05, 0) is 68.5 Å². The van der Waals surface area contributed by atoms with Crippen LogP contribution in [0.5, 0.6) is 5.75 Å². The first kappa shape index (κ1) is 17.9. The van der Waals surface area contributed by atoms with E-state index in [2.05, 4.69) is 0 Å². The average molecular weight is 416 g/mol. The summed E-state index contributed by atoms with van der Waals surface area (Å²) in [6.07, 6.45) is -0.684. The molecule has 1 aromatic carbocycles. The van der Waals surface area contributed by atoms with E-state index in [0.29, 0.717) is 9.32 Å². The van der Waals surface area contributed by atoms with Gasteiger partial charge < -0.3 is 13.8 Å². The van der Waals surface area contributed by atoms with E-state index in [1.54, 1.807) is 27.7 Å². The Morgan fingerprint density at radius 3 is 2.20 bits per heavy atom. The number of hydrogen-bond donors (Lipinski definition) is 0. The molecule has 4 nitrogen and oxygen atoms in total. The highest BCUT2D eigenvalue weighted by Gasteiger charge is 2.29. The molecule has 0 aliphatic rings. The molecule has 0 amide bonds. The van der Waals surface area contributed by atoms with Crippen LogP contribution in [0.25, 0.3) is 0 Å². The third-order valence-electron chi connectivity index (χ3n) is 2.01. The largest absolute Gasteiger partial charge is 0.480 e. The molecule has 0 unspecified atom stereocenters. The minimum Gasteiger partial charge on any atom is -0.480 e. The van der Waals surface area contributed by atoms with Gasteiger partial charge in [0.1, 0.15) is 11.6 Å². The summed E-state index contributed by atoms with van der Waals surface area (Å²) >= 11 is 1.95. The summed E-state index contributed by atoms with van der Waals surface area (Å²) < 4.78 is 42.3. The van der Waals surface area contributed by atoms with Crippen LogP contribution in [0, 0.1) is 9.39 Å². The van der Waals surface area contributed by atoms with Crippen molar-refractivity contribution in [2.24, 2.45) is 0 Å². The molecule has 0 spiro atoms. The van der Waals surface area contributed by atoms with E-state index in [1.807, 2.05) is 22.6 Å². The van der Waals surface area contributed by atoms with Crippen molar-refractivity contribution in [3.05, 3.63) is 27.6 Å². The van der Waals surface area contributed by atoms with E-state index in [4.69, 9.17) is 13.8 Å². The Kier molecular flexibility index (Phi) is 6.91. The smallest absolute Gasteiger partial charge is 0.368 e. The number of rotatable bonds is 7. The molecule has 1 aromatic rings. The van der Waals surface area contributed by atoms with Crippen LogP contribution in [0.15, 0.2) is 18.2 Å². The van der Waals surface area contributed by atoms with Crippen molar-refractivity contribution in [2.75, 3.05) is 6.35 Å². The molecule has 0 bridgehead atoms. The van der Waals surface area contributed by atoms with E-state index >= 15 is 0 Å². The summed E-state index contributed by atoms with van der Waals surface area (Å²) in [4.78, 5) is 0. The van der Waals surface area contributed by atoms with Gasteiger partial charge >= 0.3 is 7.60 Å². The van der Waals surface area contributed by atoms with Gasteiger partial charge in [-0.3, -0.25) is 4.57 Å². The lowest BCUT2D eigenvalue weighted by molar-refractivity contribution is 0.129. The number of benzene rings is 1. The topological polar surface area (TPSA) is 44.8 Å². The van der Waals surface area contributed by atoms with E-state index in [1.165, 1.54) is 18.2 Å². The van der Waals surface area contributed by atoms with E-state index in [-0.39, 0.29) is 24.4 Å². The standard InChI is InChI=1S/C13H19FIO4P/c1-9(2)18-20(16,19-10(3)4)8-17-13-6-5-11(14)7-12(13)15/h5-7,9-10H,8H2,1-4H3. The van der Waals surface area contributed by atoms with Crippen LogP contribution in [-0.2, 0) is 13.6 Å². The summed E-state index contributed by atoms with van der Waals surface area (Å²) in [5.74, 6) is 0.105. The fourth-order valence-electron chi connectivity index (χ4n) is 1.47. The monoisotopic (exact) mass is 416 g/mol. The maximum absolute atomic E-state index is 13.0. The third-order valence-corrected chi connectivity index (χ3v) is 4.79. The highest BCUT2D eigenvalue weighted by molar-refractivity contribution is 14.1. The Morgan fingerprint density at radius 1 is 1.20 bits per heavy atom. The Bertz CT molecular complexity index is 479. The minimum atomic E-state index is -3.35. The Labute approximate surface area is 132 Å². The van der Waals surface area contributed by atoms with Crippen molar-refractivity contribution < 1.29 is 22.7 Å². The molecule has 7 heteroatoms. The van der Waals surface area contributed by atoms with Gasteiger partial charge in [-0.1, -0.05) is 0 Å². The maximum atomic E-state index is 13.0. The average Bonchev–Trinajstić information content (AvgIpc) is 2.25. The van der Waals surface area contributed by atoms with Crippen molar-refractivity contribution >= 4 is 30.2 Å². The van der Waals surface area contributed by atoms with E-state index in [0.717, 1.165) is 0 Å². The SMILES string of the molecule is CC(C)OP(=O)(COc1ccc(F)cc1I)OC(C)C. The summed E-state index contributed by atoms with van der Waals surface area (Å²) in [5.41, 5.74) is 0. The van der Waals surface area contributed by atoms with Gasteiger partial charge in [-0.15, -0.1) is 0 Å². The van der Waals surface area contributed by atoms with E-state index in [9.17, 15) is 8.96 Å². The summed E-state index contributed by atoms with van der Waals surface area (Å²) in [6, 6.07) is 4.12. The van der Waals surface area contributed by atoms with Crippen LogP contribution >= 0.6 is 30.2 Å². The summed E-state index contributed by atoms with van der Waals surface area (Å²) in [7, 11) is -3.35. The molecular formula is C13H19FIO4P. The van der Waals surface area contributed by atoms with Crippen molar-refractivity contribution in [2.45, 2.75) is 39.9 Å². The fourth-order valence-corrected chi connectivity index (χ4v) is 3.86. The van der Waals surface area contributed by atoms with Gasteiger partial charge in [0.05, 0.1) is 15.8 Å². The molecule has 0 aliphatic heterocycles. The molecule has 0 fully saturated rings. The molecule has 0 saturated heterocycles. The lowest BCUT2D eigenvalue weighted by Gasteiger charge is -2.23. The van der Waals surface area contributed by atoms with Gasteiger partial charge in [-0.2, -0.15) is 0 Å². The zero-order valence-electron chi connectivity index (χ0n) is 11.9. The Balaban J connectivity index is 2.78. The fraction of sp³-hybridized carbons (Fsp3) is 0.538. The van der Waals surface area contributed by atoms with Gasteiger partial charge in [0.2, 0.25) is 0 Å². The lowest BCUT2D eigenvalue weighted by Crippen LogP contribution is -2.13. The minimum absolute atomic E-state index is 0.203. The normalized spacial score (nSPS) is 12.2. The van der Waals surface area contributed by atoms with Crippen LogP contribution in [-0.4, -0.2) is 18.6 Å². The Hall–Kier alpha value is -0.170. The molecule has 114 valence electrons. The third kappa shape index (κ3) is 6.08.